The summed E-state index contributed by atoms with van der Waals surface area (Å²) in [5.41, 5.74) is 0.939. The van der Waals surface area contributed by atoms with Gasteiger partial charge in [-0.15, -0.1) is 0 Å². The maximum absolute atomic E-state index is 13.0. The van der Waals surface area contributed by atoms with E-state index in [9.17, 15) is 9.18 Å². The molecule has 1 aromatic heterocycles. The Morgan fingerprint density at radius 3 is 2.80 bits per heavy atom. The number of aldehydes is 1. The standard InChI is InChI=1S/C14H11ClFNO3/c1-19-13-4-9(7-18)3-12(15)14(13)20-8-10-2-11(16)6-17-5-10/h2-7H,8H2,1H3. The molecule has 0 N–H and O–H groups in total. The van der Waals surface area contributed by atoms with Crippen LogP contribution in [0.2, 0.25) is 5.02 Å². The Morgan fingerprint density at radius 2 is 2.15 bits per heavy atom. The minimum absolute atomic E-state index is 0.0846. The number of aromatic nitrogens is 1. The van der Waals surface area contributed by atoms with Crippen LogP contribution in [0.3, 0.4) is 0 Å². The van der Waals surface area contributed by atoms with Crippen molar-refractivity contribution in [2.24, 2.45) is 0 Å². The van der Waals surface area contributed by atoms with Gasteiger partial charge in [-0.25, -0.2) is 4.39 Å². The van der Waals surface area contributed by atoms with Gasteiger partial charge < -0.3 is 9.47 Å². The summed E-state index contributed by atoms with van der Waals surface area (Å²) < 4.78 is 23.7. The molecule has 104 valence electrons. The number of methoxy groups -OCH3 is 1. The quantitative estimate of drug-likeness (QED) is 0.794. The molecule has 0 aliphatic rings. The topological polar surface area (TPSA) is 48.4 Å². The molecular weight excluding hydrogens is 285 g/mol. The lowest BCUT2D eigenvalue weighted by Gasteiger charge is -2.12. The maximum Gasteiger partial charge on any atom is 0.180 e. The third-order valence-electron chi connectivity index (χ3n) is 2.53. The monoisotopic (exact) mass is 295 g/mol. The van der Waals surface area contributed by atoms with Crippen molar-refractivity contribution in [3.63, 3.8) is 0 Å². The Morgan fingerprint density at radius 1 is 1.35 bits per heavy atom. The Labute approximate surface area is 120 Å². The van der Waals surface area contributed by atoms with Crippen molar-refractivity contribution in [1.29, 1.82) is 0 Å². The number of benzene rings is 1. The number of carbonyl (C=O) groups excluding carboxylic acids is 1. The fourth-order valence-electron chi connectivity index (χ4n) is 1.64. The first kappa shape index (κ1) is 14.3. The number of ether oxygens (including phenoxy) is 2. The van der Waals surface area contributed by atoms with Gasteiger partial charge in [0.2, 0.25) is 0 Å². The van der Waals surface area contributed by atoms with Gasteiger partial charge in [-0.2, -0.15) is 0 Å². The van der Waals surface area contributed by atoms with Crippen LogP contribution in [0, 0.1) is 5.82 Å². The van der Waals surface area contributed by atoms with Gasteiger partial charge in [-0.05, 0) is 18.2 Å². The number of hydrogen-bond acceptors (Lipinski definition) is 4. The largest absolute Gasteiger partial charge is 0.493 e. The normalized spacial score (nSPS) is 10.2. The summed E-state index contributed by atoms with van der Waals surface area (Å²) in [5.74, 6) is 0.188. The molecule has 2 aromatic rings. The zero-order valence-corrected chi connectivity index (χ0v) is 11.4. The van der Waals surface area contributed by atoms with Crippen molar-refractivity contribution in [1.82, 2.24) is 4.98 Å². The van der Waals surface area contributed by atoms with E-state index in [4.69, 9.17) is 21.1 Å². The van der Waals surface area contributed by atoms with E-state index in [0.717, 1.165) is 6.20 Å². The van der Waals surface area contributed by atoms with Gasteiger partial charge in [0, 0.05) is 17.3 Å². The van der Waals surface area contributed by atoms with Crippen LogP contribution in [-0.4, -0.2) is 18.4 Å². The number of hydrogen-bond donors (Lipinski definition) is 0. The molecule has 6 heteroatoms. The SMILES string of the molecule is COc1cc(C=O)cc(Cl)c1OCc1cncc(F)c1. The van der Waals surface area contributed by atoms with Crippen molar-refractivity contribution in [3.8, 4) is 11.5 Å². The van der Waals surface area contributed by atoms with Gasteiger partial charge in [0.1, 0.15) is 18.7 Å². The first-order valence-corrected chi connectivity index (χ1v) is 6.06. The zero-order chi connectivity index (χ0) is 14.5. The van der Waals surface area contributed by atoms with Crippen LogP contribution in [0.25, 0.3) is 0 Å². The summed E-state index contributed by atoms with van der Waals surface area (Å²) in [4.78, 5) is 14.5. The van der Waals surface area contributed by atoms with Crippen molar-refractivity contribution in [2.75, 3.05) is 7.11 Å². The second-order valence-electron chi connectivity index (χ2n) is 3.95. The molecule has 0 bridgehead atoms. The molecule has 0 radical (unpaired) electrons. The van der Waals surface area contributed by atoms with Crippen LogP contribution in [0.4, 0.5) is 4.39 Å². The third kappa shape index (κ3) is 3.24. The lowest BCUT2D eigenvalue weighted by molar-refractivity contribution is 0.112. The van der Waals surface area contributed by atoms with Gasteiger partial charge in [0.25, 0.3) is 0 Å². The molecular formula is C14H11ClFNO3. The summed E-state index contributed by atoms with van der Waals surface area (Å²) in [6.07, 6.45) is 3.26. The average molecular weight is 296 g/mol. The predicted octanol–water partition coefficient (Wildman–Crippen LogP) is 3.27. The Hall–Kier alpha value is -2.14. The van der Waals surface area contributed by atoms with E-state index in [1.165, 1.54) is 31.5 Å². The zero-order valence-electron chi connectivity index (χ0n) is 10.6. The second-order valence-corrected chi connectivity index (χ2v) is 4.36. The first-order valence-electron chi connectivity index (χ1n) is 5.69. The fraction of sp³-hybridized carbons (Fsp3) is 0.143. The third-order valence-corrected chi connectivity index (χ3v) is 2.81. The number of nitrogens with zero attached hydrogens (tertiary/aromatic N) is 1. The van der Waals surface area contributed by atoms with E-state index < -0.39 is 5.82 Å². The van der Waals surface area contributed by atoms with Gasteiger partial charge in [0.05, 0.1) is 18.3 Å². The highest BCUT2D eigenvalue weighted by molar-refractivity contribution is 6.32. The molecule has 2 rings (SSSR count). The van der Waals surface area contributed by atoms with Crippen LogP contribution < -0.4 is 9.47 Å². The Kier molecular flexibility index (Phi) is 4.53. The molecule has 0 amide bonds. The number of rotatable bonds is 5. The molecule has 0 atom stereocenters. The summed E-state index contributed by atoms with van der Waals surface area (Å²) in [7, 11) is 1.44. The highest BCUT2D eigenvalue weighted by Crippen LogP contribution is 2.36. The van der Waals surface area contributed by atoms with Crippen molar-refractivity contribution < 1.29 is 18.7 Å². The van der Waals surface area contributed by atoms with Crippen LogP contribution >= 0.6 is 11.6 Å². The summed E-state index contributed by atoms with van der Waals surface area (Å²) in [6, 6.07) is 4.29. The van der Waals surface area contributed by atoms with Crippen LogP contribution in [0.5, 0.6) is 11.5 Å². The first-order chi connectivity index (χ1) is 9.63. The van der Waals surface area contributed by atoms with Gasteiger partial charge >= 0.3 is 0 Å². The molecule has 0 unspecified atom stereocenters. The second kappa shape index (κ2) is 6.34. The molecule has 0 saturated heterocycles. The molecule has 0 aliphatic carbocycles. The summed E-state index contributed by atoms with van der Waals surface area (Å²) in [6.45, 7) is 0.0846. The lowest BCUT2D eigenvalue weighted by atomic mass is 10.2. The molecule has 20 heavy (non-hydrogen) atoms. The van der Waals surface area contributed by atoms with Gasteiger partial charge in [-0.1, -0.05) is 11.6 Å². The molecule has 0 saturated carbocycles. The molecule has 0 fully saturated rings. The predicted molar refractivity (Wildman–Crippen MR) is 71.9 cm³/mol. The van der Waals surface area contributed by atoms with E-state index in [-0.39, 0.29) is 11.6 Å². The van der Waals surface area contributed by atoms with Gasteiger partial charge in [-0.3, -0.25) is 9.78 Å². The summed E-state index contributed by atoms with van der Waals surface area (Å²) in [5, 5.41) is 0.246. The summed E-state index contributed by atoms with van der Waals surface area (Å²) >= 11 is 6.04. The number of halogens is 2. The molecule has 4 nitrogen and oxygen atoms in total. The average Bonchev–Trinajstić information content (AvgIpc) is 2.45. The minimum Gasteiger partial charge on any atom is -0.493 e. The van der Waals surface area contributed by atoms with Crippen LogP contribution in [-0.2, 0) is 6.61 Å². The van der Waals surface area contributed by atoms with Crippen LogP contribution in [0.15, 0.2) is 30.6 Å². The molecule has 0 aliphatic heterocycles. The van der Waals surface area contributed by atoms with Crippen molar-refractivity contribution in [2.45, 2.75) is 6.61 Å². The smallest absolute Gasteiger partial charge is 0.180 e. The Balaban J connectivity index is 2.22. The van der Waals surface area contributed by atoms with E-state index >= 15 is 0 Å². The maximum atomic E-state index is 13.0. The molecule has 0 spiro atoms. The minimum atomic E-state index is -0.444. The molecule has 1 aromatic carbocycles. The van der Waals surface area contributed by atoms with Gasteiger partial charge in [0.15, 0.2) is 11.5 Å². The number of carbonyl (C=O) groups is 1. The van der Waals surface area contributed by atoms with Crippen LogP contribution in [0.1, 0.15) is 15.9 Å². The Bertz CT molecular complexity index is 634. The van der Waals surface area contributed by atoms with E-state index in [1.54, 1.807) is 0 Å². The molecule has 1 heterocycles. The van der Waals surface area contributed by atoms with E-state index in [1.807, 2.05) is 0 Å². The van der Waals surface area contributed by atoms with E-state index in [0.29, 0.717) is 28.9 Å². The van der Waals surface area contributed by atoms with E-state index in [2.05, 4.69) is 4.98 Å². The number of pyridine rings is 1. The fourth-order valence-corrected chi connectivity index (χ4v) is 1.91. The highest BCUT2D eigenvalue weighted by Gasteiger charge is 2.12. The lowest BCUT2D eigenvalue weighted by Crippen LogP contribution is -2.00. The van der Waals surface area contributed by atoms with Crippen molar-refractivity contribution >= 4 is 17.9 Å². The van der Waals surface area contributed by atoms with Crippen molar-refractivity contribution in [3.05, 3.63) is 52.6 Å². The highest BCUT2D eigenvalue weighted by atomic mass is 35.5.